The van der Waals surface area contributed by atoms with Crippen molar-refractivity contribution in [3.63, 3.8) is 0 Å². The van der Waals surface area contributed by atoms with Gasteiger partial charge in [0.1, 0.15) is 0 Å². The molecule has 0 aliphatic heterocycles. The fraction of sp³-hybridized carbons (Fsp3) is 0.375. The van der Waals surface area contributed by atoms with E-state index in [0.29, 0.717) is 0 Å². The summed E-state index contributed by atoms with van der Waals surface area (Å²) in [6, 6.07) is 2.18. The summed E-state index contributed by atoms with van der Waals surface area (Å²) in [4.78, 5) is 3.96. The molecule has 0 radical (unpaired) electrons. The first-order valence-electron chi connectivity index (χ1n) is 3.54. The van der Waals surface area contributed by atoms with Gasteiger partial charge in [0.25, 0.3) is 0 Å². The monoisotopic (exact) mass is 214 g/mol. The van der Waals surface area contributed by atoms with Gasteiger partial charge in [0.2, 0.25) is 0 Å². The van der Waals surface area contributed by atoms with Crippen LogP contribution >= 0.6 is 15.9 Å². The molecule has 0 saturated heterocycles. The second-order valence-electron chi connectivity index (χ2n) is 2.65. The molecule has 1 aromatic rings. The van der Waals surface area contributed by atoms with Crippen LogP contribution in [0.3, 0.4) is 0 Å². The molecule has 60 valence electrons. The van der Waals surface area contributed by atoms with Gasteiger partial charge in [-0.05, 0) is 40.9 Å². The highest BCUT2D eigenvalue weighted by molar-refractivity contribution is 9.10. The first-order valence-corrected chi connectivity index (χ1v) is 4.33. The summed E-state index contributed by atoms with van der Waals surface area (Å²) < 4.78 is 1.04. The number of hydrogen-bond acceptors (Lipinski definition) is 2. The smallest absolute Gasteiger partial charge is 0.0412 e. The van der Waals surface area contributed by atoms with Gasteiger partial charge in [-0.25, -0.2) is 0 Å². The Hall–Kier alpha value is -0.410. The number of nitrogens with zero attached hydrogens (tertiary/aromatic N) is 1. The predicted octanol–water partition coefficient (Wildman–Crippen LogP) is 1.73. The molecule has 0 spiro atoms. The average Bonchev–Trinajstić information content (AvgIpc) is 1.93. The fourth-order valence-electron chi connectivity index (χ4n) is 0.916. The highest BCUT2D eigenvalue weighted by Crippen LogP contribution is 2.15. The first kappa shape index (κ1) is 8.68. The molecule has 0 aliphatic carbocycles. The molecule has 0 aromatic carbocycles. The molecule has 1 heterocycles. The molecule has 1 rings (SSSR count). The van der Waals surface area contributed by atoms with Crippen LogP contribution < -0.4 is 5.73 Å². The van der Waals surface area contributed by atoms with Gasteiger partial charge in [-0.1, -0.05) is 0 Å². The number of halogens is 1. The van der Waals surface area contributed by atoms with Gasteiger partial charge in [0.15, 0.2) is 0 Å². The van der Waals surface area contributed by atoms with Crippen LogP contribution in [0.5, 0.6) is 0 Å². The van der Waals surface area contributed by atoms with Crippen molar-refractivity contribution in [1.82, 2.24) is 4.98 Å². The Morgan fingerprint density at radius 1 is 1.73 bits per heavy atom. The lowest BCUT2D eigenvalue weighted by Gasteiger charge is -2.05. The second-order valence-corrected chi connectivity index (χ2v) is 3.50. The summed E-state index contributed by atoms with van der Waals surface area (Å²) >= 11 is 3.41. The maximum atomic E-state index is 5.65. The van der Waals surface area contributed by atoms with Crippen LogP contribution in [0.1, 0.15) is 12.5 Å². The lowest BCUT2D eigenvalue weighted by molar-refractivity contribution is 0.735. The van der Waals surface area contributed by atoms with Crippen LogP contribution in [0.4, 0.5) is 0 Å². The van der Waals surface area contributed by atoms with E-state index in [1.807, 2.05) is 13.0 Å². The average molecular weight is 215 g/mol. The molecular weight excluding hydrogens is 204 g/mol. The predicted molar refractivity (Wildman–Crippen MR) is 49.3 cm³/mol. The Balaban J connectivity index is 2.78. The molecule has 1 aromatic heterocycles. The van der Waals surface area contributed by atoms with Crippen LogP contribution in [0.15, 0.2) is 22.9 Å². The Kier molecular flexibility index (Phi) is 3.02. The minimum absolute atomic E-state index is 0.202. The van der Waals surface area contributed by atoms with Gasteiger partial charge >= 0.3 is 0 Å². The van der Waals surface area contributed by atoms with Gasteiger partial charge in [0.05, 0.1) is 0 Å². The maximum absolute atomic E-state index is 5.65. The van der Waals surface area contributed by atoms with Crippen molar-refractivity contribution in [1.29, 1.82) is 0 Å². The summed E-state index contributed by atoms with van der Waals surface area (Å²) in [5.74, 6) is 0. The molecule has 0 aliphatic rings. The highest BCUT2D eigenvalue weighted by atomic mass is 79.9. The molecule has 1 atom stereocenters. The van der Waals surface area contributed by atoms with Crippen molar-refractivity contribution in [2.75, 3.05) is 0 Å². The standard InChI is InChI=1S/C8H11BrN2/c1-6(10)4-7-2-3-11-5-8(7)9/h2-3,5-6H,4,10H2,1H3/t6-/m1/s1. The molecule has 0 bridgehead atoms. The highest BCUT2D eigenvalue weighted by Gasteiger charge is 2.00. The topological polar surface area (TPSA) is 38.9 Å². The summed E-state index contributed by atoms with van der Waals surface area (Å²) in [7, 11) is 0. The van der Waals surface area contributed by atoms with Crippen LogP contribution in [-0.2, 0) is 6.42 Å². The second kappa shape index (κ2) is 3.83. The SMILES string of the molecule is C[C@@H](N)Cc1ccncc1Br. The first-order chi connectivity index (χ1) is 5.20. The number of rotatable bonds is 2. The number of nitrogens with two attached hydrogens (primary N) is 1. The van der Waals surface area contributed by atoms with E-state index in [9.17, 15) is 0 Å². The van der Waals surface area contributed by atoms with Crippen molar-refractivity contribution in [2.45, 2.75) is 19.4 Å². The third-order valence-corrected chi connectivity index (χ3v) is 2.11. The Morgan fingerprint density at radius 3 is 3.00 bits per heavy atom. The van der Waals surface area contributed by atoms with Gasteiger partial charge in [-0.3, -0.25) is 4.98 Å². The van der Waals surface area contributed by atoms with E-state index in [2.05, 4.69) is 20.9 Å². The fourth-order valence-corrected chi connectivity index (χ4v) is 1.33. The van der Waals surface area contributed by atoms with Crippen molar-refractivity contribution >= 4 is 15.9 Å². The van der Waals surface area contributed by atoms with E-state index in [1.165, 1.54) is 5.56 Å². The van der Waals surface area contributed by atoms with Gasteiger partial charge < -0.3 is 5.73 Å². The van der Waals surface area contributed by atoms with E-state index in [1.54, 1.807) is 12.4 Å². The normalized spacial score (nSPS) is 13.0. The minimum Gasteiger partial charge on any atom is -0.328 e. The summed E-state index contributed by atoms with van der Waals surface area (Å²) in [5.41, 5.74) is 6.87. The minimum atomic E-state index is 0.202. The van der Waals surface area contributed by atoms with Crippen molar-refractivity contribution in [3.05, 3.63) is 28.5 Å². The molecule has 0 unspecified atom stereocenters. The lowest BCUT2D eigenvalue weighted by Crippen LogP contribution is -2.17. The Morgan fingerprint density at radius 2 is 2.45 bits per heavy atom. The van der Waals surface area contributed by atoms with Gasteiger partial charge in [0, 0.05) is 22.9 Å². The van der Waals surface area contributed by atoms with Crippen LogP contribution in [-0.4, -0.2) is 11.0 Å². The van der Waals surface area contributed by atoms with Crippen LogP contribution in [0.2, 0.25) is 0 Å². The molecule has 0 saturated carbocycles. The van der Waals surface area contributed by atoms with E-state index in [-0.39, 0.29) is 6.04 Å². The Labute approximate surface area is 75.0 Å². The van der Waals surface area contributed by atoms with Crippen molar-refractivity contribution < 1.29 is 0 Å². The maximum Gasteiger partial charge on any atom is 0.0412 e. The largest absolute Gasteiger partial charge is 0.328 e. The zero-order valence-electron chi connectivity index (χ0n) is 6.42. The molecule has 3 heteroatoms. The summed E-state index contributed by atoms with van der Waals surface area (Å²) in [6.07, 6.45) is 4.46. The number of aromatic nitrogens is 1. The van der Waals surface area contributed by atoms with E-state index < -0.39 is 0 Å². The summed E-state index contributed by atoms with van der Waals surface area (Å²) in [6.45, 7) is 1.99. The lowest BCUT2D eigenvalue weighted by atomic mass is 10.1. The molecule has 0 fully saturated rings. The zero-order valence-corrected chi connectivity index (χ0v) is 8.01. The van der Waals surface area contributed by atoms with Crippen LogP contribution in [0, 0.1) is 0 Å². The van der Waals surface area contributed by atoms with Gasteiger partial charge in [-0.2, -0.15) is 0 Å². The molecule has 11 heavy (non-hydrogen) atoms. The summed E-state index contributed by atoms with van der Waals surface area (Å²) in [5, 5.41) is 0. The van der Waals surface area contributed by atoms with Gasteiger partial charge in [-0.15, -0.1) is 0 Å². The zero-order chi connectivity index (χ0) is 8.27. The Bertz CT molecular complexity index is 235. The number of hydrogen-bond donors (Lipinski definition) is 1. The molecule has 2 nitrogen and oxygen atoms in total. The van der Waals surface area contributed by atoms with Crippen molar-refractivity contribution in [3.8, 4) is 0 Å². The third-order valence-electron chi connectivity index (χ3n) is 1.40. The van der Waals surface area contributed by atoms with E-state index >= 15 is 0 Å². The van der Waals surface area contributed by atoms with E-state index in [0.717, 1.165) is 10.9 Å². The van der Waals surface area contributed by atoms with Crippen molar-refractivity contribution in [2.24, 2.45) is 5.73 Å². The van der Waals surface area contributed by atoms with Crippen LogP contribution in [0.25, 0.3) is 0 Å². The molecular formula is C8H11BrN2. The molecule has 0 amide bonds. The number of pyridine rings is 1. The van der Waals surface area contributed by atoms with E-state index in [4.69, 9.17) is 5.73 Å². The third kappa shape index (κ3) is 2.60. The molecule has 2 N–H and O–H groups in total. The quantitative estimate of drug-likeness (QED) is 0.815.